The first-order chi connectivity index (χ1) is 8.31. The number of nitrogens with one attached hydrogen (secondary N) is 1. The third-order valence-corrected chi connectivity index (χ3v) is 2.87. The summed E-state index contributed by atoms with van der Waals surface area (Å²) in [5.74, 6) is 0. The first kappa shape index (κ1) is 10.4. The van der Waals surface area contributed by atoms with Crippen LogP contribution < -0.4 is 5.32 Å². The number of para-hydroxylation sites is 1. The molecule has 17 heavy (non-hydrogen) atoms. The minimum Gasteiger partial charge on any atom is -0.423 e. The van der Waals surface area contributed by atoms with Gasteiger partial charge in [-0.05, 0) is 30.3 Å². The van der Waals surface area contributed by atoms with Crippen molar-refractivity contribution in [2.24, 2.45) is 0 Å². The van der Waals surface area contributed by atoms with Crippen LogP contribution in [0.4, 0.5) is 11.7 Å². The van der Waals surface area contributed by atoms with Crippen LogP contribution in [0.25, 0.3) is 11.1 Å². The van der Waals surface area contributed by atoms with E-state index in [-0.39, 0.29) is 0 Å². The van der Waals surface area contributed by atoms with Gasteiger partial charge in [0, 0.05) is 10.2 Å². The molecular weight excluding hydrogens is 280 g/mol. The van der Waals surface area contributed by atoms with Crippen LogP contribution in [0.15, 0.2) is 57.4 Å². The van der Waals surface area contributed by atoms with Crippen molar-refractivity contribution >= 4 is 38.7 Å². The van der Waals surface area contributed by atoms with Gasteiger partial charge in [0.05, 0.1) is 0 Å². The molecule has 0 saturated heterocycles. The maximum atomic E-state index is 5.58. The summed E-state index contributed by atoms with van der Waals surface area (Å²) in [4.78, 5) is 4.36. The Morgan fingerprint density at radius 2 is 1.88 bits per heavy atom. The zero-order valence-corrected chi connectivity index (χ0v) is 10.4. The van der Waals surface area contributed by atoms with Gasteiger partial charge in [-0.25, -0.2) is 0 Å². The number of aromatic nitrogens is 1. The van der Waals surface area contributed by atoms with E-state index in [0.717, 1.165) is 21.3 Å². The highest BCUT2D eigenvalue weighted by Crippen LogP contribution is 2.24. The third-order valence-electron chi connectivity index (χ3n) is 2.37. The van der Waals surface area contributed by atoms with Crippen molar-refractivity contribution in [3.8, 4) is 0 Å². The number of nitrogens with zero attached hydrogens (tertiary/aromatic N) is 1. The number of benzene rings is 2. The van der Waals surface area contributed by atoms with Gasteiger partial charge in [-0.2, -0.15) is 4.98 Å². The molecule has 1 heterocycles. The number of hydrogen-bond acceptors (Lipinski definition) is 3. The lowest BCUT2D eigenvalue weighted by Gasteiger charge is -1.98. The van der Waals surface area contributed by atoms with E-state index >= 15 is 0 Å². The summed E-state index contributed by atoms with van der Waals surface area (Å²) in [6.07, 6.45) is 0. The largest absolute Gasteiger partial charge is 0.423 e. The Morgan fingerprint density at radius 3 is 2.71 bits per heavy atom. The predicted octanol–water partition coefficient (Wildman–Crippen LogP) is 4.33. The van der Waals surface area contributed by atoms with Crippen LogP contribution in [0.2, 0.25) is 0 Å². The zero-order chi connectivity index (χ0) is 11.7. The van der Waals surface area contributed by atoms with Gasteiger partial charge in [-0.15, -0.1) is 0 Å². The Bertz CT molecular complexity index is 649. The summed E-state index contributed by atoms with van der Waals surface area (Å²) in [7, 11) is 0. The SMILES string of the molecule is Brc1ccc2oc(Nc3ccccc3)nc2c1. The van der Waals surface area contributed by atoms with Crippen LogP contribution in [-0.4, -0.2) is 4.98 Å². The topological polar surface area (TPSA) is 38.1 Å². The normalized spacial score (nSPS) is 10.6. The lowest BCUT2D eigenvalue weighted by Crippen LogP contribution is -1.88. The van der Waals surface area contributed by atoms with Crippen molar-refractivity contribution in [2.75, 3.05) is 5.32 Å². The Balaban J connectivity index is 1.96. The summed E-state index contributed by atoms with van der Waals surface area (Å²) in [6, 6.07) is 16.1. The summed E-state index contributed by atoms with van der Waals surface area (Å²) in [5.41, 5.74) is 2.56. The summed E-state index contributed by atoms with van der Waals surface area (Å²) >= 11 is 3.41. The molecule has 3 aromatic rings. The molecule has 0 spiro atoms. The first-order valence-electron chi connectivity index (χ1n) is 5.19. The van der Waals surface area contributed by atoms with Gasteiger partial charge >= 0.3 is 0 Å². The van der Waals surface area contributed by atoms with Crippen molar-refractivity contribution in [2.45, 2.75) is 0 Å². The molecule has 0 aliphatic heterocycles. The molecule has 4 heteroatoms. The van der Waals surface area contributed by atoms with Gasteiger partial charge in [0.15, 0.2) is 5.58 Å². The van der Waals surface area contributed by atoms with E-state index in [2.05, 4.69) is 26.2 Å². The lowest BCUT2D eigenvalue weighted by atomic mass is 10.3. The summed E-state index contributed by atoms with van der Waals surface area (Å²) in [6.45, 7) is 0. The van der Waals surface area contributed by atoms with Crippen molar-refractivity contribution in [1.29, 1.82) is 0 Å². The molecule has 3 rings (SSSR count). The second-order valence-electron chi connectivity index (χ2n) is 3.62. The van der Waals surface area contributed by atoms with Crippen molar-refractivity contribution in [1.82, 2.24) is 4.98 Å². The molecule has 0 saturated carbocycles. The molecule has 1 aromatic heterocycles. The number of hydrogen-bond donors (Lipinski definition) is 1. The van der Waals surface area contributed by atoms with Gasteiger partial charge in [0.25, 0.3) is 6.01 Å². The fraction of sp³-hybridized carbons (Fsp3) is 0. The Hall–Kier alpha value is -1.81. The highest BCUT2D eigenvalue weighted by Gasteiger charge is 2.05. The molecule has 3 nitrogen and oxygen atoms in total. The Labute approximate surface area is 107 Å². The second-order valence-corrected chi connectivity index (χ2v) is 4.54. The van der Waals surface area contributed by atoms with E-state index in [1.807, 2.05) is 48.5 Å². The van der Waals surface area contributed by atoms with Crippen LogP contribution >= 0.6 is 15.9 Å². The van der Waals surface area contributed by atoms with Crippen molar-refractivity contribution < 1.29 is 4.42 Å². The van der Waals surface area contributed by atoms with Crippen LogP contribution in [0.5, 0.6) is 0 Å². The van der Waals surface area contributed by atoms with Gasteiger partial charge in [-0.3, -0.25) is 0 Å². The number of oxazole rings is 1. The van der Waals surface area contributed by atoms with Gasteiger partial charge < -0.3 is 9.73 Å². The average Bonchev–Trinajstić information content (AvgIpc) is 2.71. The van der Waals surface area contributed by atoms with E-state index in [4.69, 9.17) is 4.42 Å². The molecule has 1 N–H and O–H groups in total. The fourth-order valence-electron chi connectivity index (χ4n) is 1.60. The van der Waals surface area contributed by atoms with Crippen LogP contribution in [0, 0.1) is 0 Å². The van der Waals surface area contributed by atoms with E-state index in [1.54, 1.807) is 0 Å². The standard InChI is InChI=1S/C13H9BrN2O/c14-9-6-7-12-11(8-9)16-13(17-12)15-10-4-2-1-3-5-10/h1-8H,(H,15,16). The Kier molecular flexibility index (Phi) is 2.57. The average molecular weight is 289 g/mol. The Morgan fingerprint density at radius 1 is 1.06 bits per heavy atom. The summed E-state index contributed by atoms with van der Waals surface area (Å²) in [5, 5.41) is 3.12. The van der Waals surface area contributed by atoms with Crippen molar-refractivity contribution in [3.05, 3.63) is 53.0 Å². The van der Waals surface area contributed by atoms with Crippen molar-refractivity contribution in [3.63, 3.8) is 0 Å². The van der Waals surface area contributed by atoms with Crippen LogP contribution in [-0.2, 0) is 0 Å². The number of anilines is 2. The minimum absolute atomic E-state index is 0.504. The molecule has 0 atom stereocenters. The third kappa shape index (κ3) is 2.17. The molecule has 84 valence electrons. The smallest absolute Gasteiger partial charge is 0.300 e. The highest BCUT2D eigenvalue weighted by molar-refractivity contribution is 9.10. The van der Waals surface area contributed by atoms with Gasteiger partial charge in [0.2, 0.25) is 0 Å². The monoisotopic (exact) mass is 288 g/mol. The molecule has 0 aliphatic carbocycles. The summed E-state index contributed by atoms with van der Waals surface area (Å²) < 4.78 is 6.57. The number of halogens is 1. The van der Waals surface area contributed by atoms with Gasteiger partial charge in [0.1, 0.15) is 5.52 Å². The number of rotatable bonds is 2. The molecule has 0 aliphatic rings. The maximum absolute atomic E-state index is 5.58. The second kappa shape index (κ2) is 4.22. The van der Waals surface area contributed by atoms with E-state index in [9.17, 15) is 0 Å². The maximum Gasteiger partial charge on any atom is 0.300 e. The quantitative estimate of drug-likeness (QED) is 0.763. The molecule has 0 bridgehead atoms. The molecule has 0 radical (unpaired) electrons. The van der Waals surface area contributed by atoms with Crippen LogP contribution in [0.1, 0.15) is 0 Å². The number of fused-ring (bicyclic) bond motifs is 1. The van der Waals surface area contributed by atoms with Gasteiger partial charge in [-0.1, -0.05) is 34.1 Å². The van der Waals surface area contributed by atoms with E-state index in [0.29, 0.717) is 6.01 Å². The zero-order valence-electron chi connectivity index (χ0n) is 8.85. The lowest BCUT2D eigenvalue weighted by molar-refractivity contribution is 0.623. The fourth-order valence-corrected chi connectivity index (χ4v) is 1.95. The first-order valence-corrected chi connectivity index (χ1v) is 5.99. The molecule has 0 amide bonds. The predicted molar refractivity (Wildman–Crippen MR) is 71.4 cm³/mol. The molecule has 0 fully saturated rings. The highest BCUT2D eigenvalue weighted by atomic mass is 79.9. The molecular formula is C13H9BrN2O. The van der Waals surface area contributed by atoms with E-state index < -0.39 is 0 Å². The molecule has 0 unspecified atom stereocenters. The van der Waals surface area contributed by atoms with E-state index in [1.165, 1.54) is 0 Å². The minimum atomic E-state index is 0.504. The van der Waals surface area contributed by atoms with Crippen LogP contribution in [0.3, 0.4) is 0 Å². The molecule has 2 aromatic carbocycles.